The van der Waals surface area contributed by atoms with Gasteiger partial charge < -0.3 is 19.8 Å². The SMILES string of the molecule is CCC1(CO)CCN(C(=O)NCCc2c(C)noc2C)CC1. The van der Waals surface area contributed by atoms with Gasteiger partial charge in [-0.2, -0.15) is 0 Å². The zero-order chi connectivity index (χ0) is 16.2. The predicted octanol–water partition coefficient (Wildman–Crippen LogP) is 2.03. The highest BCUT2D eigenvalue weighted by molar-refractivity contribution is 5.74. The molecule has 6 heteroatoms. The molecule has 1 aromatic heterocycles. The maximum Gasteiger partial charge on any atom is 0.317 e. The van der Waals surface area contributed by atoms with Crippen LogP contribution in [0, 0.1) is 19.3 Å². The summed E-state index contributed by atoms with van der Waals surface area (Å²) in [7, 11) is 0. The number of aromatic nitrogens is 1. The molecular formula is C16H27N3O3. The summed E-state index contributed by atoms with van der Waals surface area (Å²) in [5.41, 5.74) is 1.97. The number of amides is 2. The van der Waals surface area contributed by atoms with Gasteiger partial charge in [-0.25, -0.2) is 4.79 Å². The molecule has 1 aromatic rings. The molecular weight excluding hydrogens is 282 g/mol. The van der Waals surface area contributed by atoms with Crippen molar-refractivity contribution in [2.24, 2.45) is 5.41 Å². The monoisotopic (exact) mass is 309 g/mol. The number of aliphatic hydroxyl groups is 1. The van der Waals surface area contributed by atoms with Crippen LogP contribution in [0.4, 0.5) is 4.79 Å². The normalized spacial score (nSPS) is 17.5. The van der Waals surface area contributed by atoms with Crippen LogP contribution in [0.15, 0.2) is 4.52 Å². The molecule has 0 aliphatic carbocycles. The van der Waals surface area contributed by atoms with Crippen LogP contribution in [0.3, 0.4) is 0 Å². The van der Waals surface area contributed by atoms with Gasteiger partial charge in [0.05, 0.1) is 5.69 Å². The van der Waals surface area contributed by atoms with Crippen LogP contribution in [-0.4, -0.2) is 47.4 Å². The second-order valence-corrected chi connectivity index (χ2v) is 6.28. The van der Waals surface area contributed by atoms with Gasteiger partial charge >= 0.3 is 6.03 Å². The van der Waals surface area contributed by atoms with E-state index in [-0.39, 0.29) is 18.1 Å². The van der Waals surface area contributed by atoms with E-state index in [2.05, 4.69) is 17.4 Å². The molecule has 2 amide bonds. The van der Waals surface area contributed by atoms with E-state index in [4.69, 9.17) is 4.52 Å². The van der Waals surface area contributed by atoms with Crippen LogP contribution in [0.5, 0.6) is 0 Å². The lowest BCUT2D eigenvalue weighted by molar-refractivity contribution is 0.0520. The molecule has 6 nitrogen and oxygen atoms in total. The topological polar surface area (TPSA) is 78.6 Å². The minimum absolute atomic E-state index is 0.00741. The van der Waals surface area contributed by atoms with Crippen LogP contribution in [-0.2, 0) is 6.42 Å². The van der Waals surface area contributed by atoms with Crippen molar-refractivity contribution in [3.8, 4) is 0 Å². The molecule has 1 fully saturated rings. The van der Waals surface area contributed by atoms with Crippen LogP contribution in [0.1, 0.15) is 43.2 Å². The van der Waals surface area contributed by atoms with Crippen molar-refractivity contribution in [3.63, 3.8) is 0 Å². The zero-order valence-electron chi connectivity index (χ0n) is 13.8. The van der Waals surface area contributed by atoms with Crippen molar-refractivity contribution >= 4 is 6.03 Å². The van der Waals surface area contributed by atoms with Gasteiger partial charge in [0.15, 0.2) is 0 Å². The van der Waals surface area contributed by atoms with Crippen molar-refractivity contribution in [3.05, 3.63) is 17.0 Å². The Labute approximate surface area is 131 Å². The number of rotatable bonds is 5. The predicted molar refractivity (Wildman–Crippen MR) is 83.7 cm³/mol. The van der Waals surface area contributed by atoms with E-state index >= 15 is 0 Å². The molecule has 2 heterocycles. The van der Waals surface area contributed by atoms with Crippen LogP contribution in [0.2, 0.25) is 0 Å². The number of hydrogen-bond acceptors (Lipinski definition) is 4. The van der Waals surface area contributed by atoms with Gasteiger partial charge in [0.25, 0.3) is 0 Å². The molecule has 1 saturated heterocycles. The molecule has 0 spiro atoms. The second kappa shape index (κ2) is 7.13. The van der Waals surface area contributed by atoms with Crippen LogP contribution < -0.4 is 5.32 Å². The molecule has 0 radical (unpaired) electrons. The van der Waals surface area contributed by atoms with E-state index in [0.717, 1.165) is 42.7 Å². The molecule has 0 bridgehead atoms. The highest BCUT2D eigenvalue weighted by Crippen LogP contribution is 2.34. The van der Waals surface area contributed by atoms with E-state index in [9.17, 15) is 9.90 Å². The maximum atomic E-state index is 12.2. The van der Waals surface area contributed by atoms with Crippen molar-refractivity contribution in [2.45, 2.75) is 46.5 Å². The van der Waals surface area contributed by atoms with Gasteiger partial charge in [-0.1, -0.05) is 12.1 Å². The van der Waals surface area contributed by atoms with E-state index in [0.29, 0.717) is 19.6 Å². The Morgan fingerprint density at radius 2 is 2.09 bits per heavy atom. The summed E-state index contributed by atoms with van der Waals surface area (Å²) in [5, 5.41) is 16.4. The van der Waals surface area contributed by atoms with Crippen molar-refractivity contribution in [2.75, 3.05) is 26.2 Å². The van der Waals surface area contributed by atoms with E-state index in [1.54, 1.807) is 0 Å². The smallest absolute Gasteiger partial charge is 0.317 e. The molecule has 1 aliphatic rings. The number of aliphatic hydroxyl groups excluding tert-OH is 1. The minimum atomic E-state index is -0.0191. The number of nitrogens with one attached hydrogen (secondary N) is 1. The average molecular weight is 309 g/mol. The fourth-order valence-corrected chi connectivity index (χ4v) is 3.07. The lowest BCUT2D eigenvalue weighted by atomic mass is 9.77. The van der Waals surface area contributed by atoms with Gasteiger partial charge in [0.2, 0.25) is 0 Å². The minimum Gasteiger partial charge on any atom is -0.396 e. The largest absolute Gasteiger partial charge is 0.396 e. The third kappa shape index (κ3) is 3.61. The fraction of sp³-hybridized carbons (Fsp3) is 0.750. The van der Waals surface area contributed by atoms with Gasteiger partial charge in [-0.15, -0.1) is 0 Å². The van der Waals surface area contributed by atoms with Crippen molar-refractivity contribution in [1.29, 1.82) is 0 Å². The highest BCUT2D eigenvalue weighted by atomic mass is 16.5. The summed E-state index contributed by atoms with van der Waals surface area (Å²) >= 11 is 0. The van der Waals surface area contributed by atoms with Crippen LogP contribution in [0.25, 0.3) is 0 Å². The molecule has 22 heavy (non-hydrogen) atoms. The number of carbonyl (C=O) groups excluding carboxylic acids is 1. The Kier molecular flexibility index (Phi) is 5.45. The molecule has 0 unspecified atom stereocenters. The molecule has 1 aliphatic heterocycles. The number of nitrogens with zero attached hydrogens (tertiary/aromatic N) is 2. The van der Waals surface area contributed by atoms with Crippen molar-refractivity contribution < 1.29 is 14.4 Å². The highest BCUT2D eigenvalue weighted by Gasteiger charge is 2.33. The molecule has 0 aromatic carbocycles. The standard InChI is InChI=1S/C16H27N3O3/c1-4-16(11-20)6-9-19(10-7-16)15(21)17-8-5-14-12(2)18-22-13(14)3/h20H,4-11H2,1-3H3,(H,17,21). The first kappa shape index (κ1) is 16.8. The maximum absolute atomic E-state index is 12.2. The third-order valence-electron chi connectivity index (χ3n) is 5.03. The van der Waals surface area contributed by atoms with Crippen molar-refractivity contribution in [1.82, 2.24) is 15.4 Å². The molecule has 0 saturated carbocycles. The number of aryl methyl sites for hydroxylation is 2. The summed E-state index contributed by atoms with van der Waals surface area (Å²) in [4.78, 5) is 14.0. The Hall–Kier alpha value is -1.56. The average Bonchev–Trinajstić information content (AvgIpc) is 2.86. The van der Waals surface area contributed by atoms with E-state index in [1.165, 1.54) is 0 Å². The molecule has 2 rings (SSSR count). The summed E-state index contributed by atoms with van der Waals surface area (Å²) < 4.78 is 5.12. The number of hydrogen-bond donors (Lipinski definition) is 2. The van der Waals surface area contributed by atoms with E-state index < -0.39 is 0 Å². The summed E-state index contributed by atoms with van der Waals surface area (Å²) in [6, 6.07) is -0.0191. The lowest BCUT2D eigenvalue weighted by Gasteiger charge is -2.40. The number of piperidine rings is 1. The first-order valence-electron chi connectivity index (χ1n) is 8.07. The Morgan fingerprint density at radius 3 is 2.59 bits per heavy atom. The molecule has 2 N–H and O–H groups in total. The third-order valence-corrected chi connectivity index (χ3v) is 5.03. The molecule has 0 atom stereocenters. The summed E-state index contributed by atoms with van der Waals surface area (Å²) in [6.45, 7) is 8.13. The van der Waals surface area contributed by atoms with Crippen LogP contribution >= 0.6 is 0 Å². The fourth-order valence-electron chi connectivity index (χ4n) is 3.07. The van der Waals surface area contributed by atoms with Gasteiger partial charge in [0.1, 0.15) is 5.76 Å². The molecule has 124 valence electrons. The van der Waals surface area contributed by atoms with Gasteiger partial charge in [0, 0.05) is 31.8 Å². The first-order chi connectivity index (χ1) is 10.5. The first-order valence-corrected chi connectivity index (χ1v) is 8.07. The summed E-state index contributed by atoms with van der Waals surface area (Å²) in [6.07, 6.45) is 3.44. The van der Waals surface area contributed by atoms with E-state index in [1.807, 2.05) is 18.7 Å². The Bertz CT molecular complexity index is 479. The number of carbonyl (C=O) groups is 1. The Morgan fingerprint density at radius 1 is 1.41 bits per heavy atom. The quantitative estimate of drug-likeness (QED) is 0.872. The van der Waals surface area contributed by atoms with Gasteiger partial charge in [-0.3, -0.25) is 0 Å². The zero-order valence-corrected chi connectivity index (χ0v) is 13.8. The van der Waals surface area contributed by atoms with Gasteiger partial charge in [-0.05, 0) is 44.9 Å². The number of likely N-dealkylation sites (tertiary alicyclic amines) is 1. The Balaban J connectivity index is 1.77. The second-order valence-electron chi connectivity index (χ2n) is 6.28. The lowest BCUT2D eigenvalue weighted by Crippen LogP contribution is -2.48. The summed E-state index contributed by atoms with van der Waals surface area (Å²) in [5.74, 6) is 0.820. The number of urea groups is 1.